The van der Waals surface area contributed by atoms with Crippen LogP contribution >= 0.6 is 0 Å². The molecule has 0 N–H and O–H groups in total. The quantitative estimate of drug-likeness (QED) is 0.234. The van der Waals surface area contributed by atoms with Crippen LogP contribution in [0.15, 0.2) is 29.2 Å². The van der Waals surface area contributed by atoms with Gasteiger partial charge in [0.15, 0.2) is 0 Å². The van der Waals surface area contributed by atoms with Crippen LogP contribution < -0.4 is 59.1 Å². The summed E-state index contributed by atoms with van der Waals surface area (Å²) in [7, 11) is -4.51. The molecule has 0 amide bonds. The normalized spacial score (nSPS) is 9.56. The first kappa shape index (κ1) is 18.7. The topological polar surface area (TPSA) is 114 Å². The van der Waals surface area contributed by atoms with Crippen LogP contribution in [-0.4, -0.2) is 18.0 Å². The Hall–Kier alpha value is 0.330. The maximum Gasteiger partial charge on any atom is 1.00 e. The Kier molecular flexibility index (Phi) is 8.90. The van der Waals surface area contributed by atoms with Crippen molar-refractivity contribution in [3.63, 3.8) is 0 Å². The Morgan fingerprint density at radius 1 is 1.12 bits per heavy atom. The van der Waals surface area contributed by atoms with Crippen LogP contribution in [0.4, 0.5) is 5.69 Å². The van der Waals surface area contributed by atoms with Crippen molar-refractivity contribution in [1.29, 1.82) is 0 Å². The first-order chi connectivity index (χ1) is 6.39. The van der Waals surface area contributed by atoms with Crippen molar-refractivity contribution in [2.24, 2.45) is 0 Å². The largest absolute Gasteiger partial charge is 1.00 e. The number of hydrogen-bond donors (Lipinski definition) is 0. The van der Waals surface area contributed by atoms with E-state index in [1.165, 1.54) is 0 Å². The molecule has 0 radical (unpaired) electrons. The molecule has 1 aromatic carbocycles. The third-order valence-corrected chi connectivity index (χ3v) is 2.17. The molecule has 0 saturated carbocycles. The third kappa shape index (κ3) is 6.16. The molecule has 0 aliphatic carbocycles. The molecular formula is C6H4N2Na2O5S. The minimum atomic E-state index is -4.51. The Labute approximate surface area is 136 Å². The van der Waals surface area contributed by atoms with Gasteiger partial charge in [0.25, 0.3) is 0 Å². The summed E-state index contributed by atoms with van der Waals surface area (Å²) < 4.78 is 31.3. The monoisotopic (exact) mass is 262 g/mol. The molecule has 0 aliphatic heterocycles. The molecule has 1 aromatic rings. The molecule has 0 heterocycles. The predicted molar refractivity (Wildman–Crippen MR) is 44.4 cm³/mol. The first-order valence-electron chi connectivity index (χ1n) is 3.31. The van der Waals surface area contributed by atoms with Gasteiger partial charge in [-0.3, -0.25) is 10.1 Å². The van der Waals surface area contributed by atoms with Gasteiger partial charge < -0.3 is 9.98 Å². The van der Waals surface area contributed by atoms with Crippen molar-refractivity contribution in [2.75, 3.05) is 0 Å². The Bertz CT molecular complexity index is 446. The van der Waals surface area contributed by atoms with Gasteiger partial charge in [0, 0.05) is 0 Å². The van der Waals surface area contributed by atoms with E-state index >= 15 is 0 Å². The molecular weight excluding hydrogens is 258 g/mol. The van der Waals surface area contributed by atoms with Crippen molar-refractivity contribution < 1.29 is 77.1 Å². The molecule has 7 nitrogen and oxygen atoms in total. The summed E-state index contributed by atoms with van der Waals surface area (Å²) in [6.07, 6.45) is 0. The molecule has 1 rings (SSSR count). The maximum absolute atomic E-state index is 10.4. The molecule has 0 aliphatic rings. The molecule has 76 valence electrons. The fourth-order valence-corrected chi connectivity index (χ4v) is 1.24. The molecule has 0 aromatic heterocycles. The van der Waals surface area contributed by atoms with Crippen LogP contribution in [0.5, 0.6) is 0 Å². The molecule has 10 heteroatoms. The number of benzene rings is 1. The zero-order chi connectivity index (χ0) is 10.8. The van der Waals surface area contributed by atoms with Crippen molar-refractivity contribution in [2.45, 2.75) is 4.90 Å². The number of rotatable bonds is 3. The van der Waals surface area contributed by atoms with Crippen molar-refractivity contribution >= 4 is 15.8 Å². The van der Waals surface area contributed by atoms with Gasteiger partial charge in [-0.2, -0.15) is 0 Å². The average Bonchev–Trinajstić information content (AvgIpc) is 2.02. The summed E-state index contributed by atoms with van der Waals surface area (Å²) in [6, 6.07) is 4.08. The smallest absolute Gasteiger partial charge is 0.744 e. The minimum Gasteiger partial charge on any atom is -0.744 e. The van der Waals surface area contributed by atoms with Gasteiger partial charge in [0.1, 0.15) is 10.1 Å². The molecule has 0 spiro atoms. The van der Waals surface area contributed by atoms with E-state index in [2.05, 4.69) is 5.43 Å². The second-order valence-corrected chi connectivity index (χ2v) is 3.67. The van der Waals surface area contributed by atoms with Gasteiger partial charge in [0.05, 0.1) is 4.90 Å². The summed E-state index contributed by atoms with van der Waals surface area (Å²) in [4.78, 5) is 9.46. The van der Waals surface area contributed by atoms with Gasteiger partial charge in [0.2, 0.25) is 0 Å². The summed E-state index contributed by atoms with van der Waals surface area (Å²) in [5, 5.41) is 8.99. The molecule has 0 atom stereocenters. The van der Waals surface area contributed by atoms with Crippen molar-refractivity contribution in [3.8, 4) is 0 Å². The Morgan fingerprint density at radius 3 is 1.88 bits per heavy atom. The van der Waals surface area contributed by atoms with E-state index in [1.54, 1.807) is 0 Å². The molecule has 0 saturated heterocycles. The molecule has 16 heavy (non-hydrogen) atoms. The summed E-state index contributed by atoms with van der Waals surface area (Å²) >= 11 is 0. The zero-order valence-electron chi connectivity index (χ0n) is 8.65. The zero-order valence-corrected chi connectivity index (χ0v) is 13.5. The minimum absolute atomic E-state index is 0. The number of nitro groups is 1. The van der Waals surface area contributed by atoms with Crippen LogP contribution in [0.25, 0.3) is 5.43 Å². The standard InChI is InChI=1S/C6H5N2O5S.2Na/c9-8(10)7-5-1-3-6(4-2-5)14(11,12)13;;/h1-4H,(H,11,12,13);;/q-1;2*+1/p-1. The predicted octanol–water partition coefficient (Wildman–Crippen LogP) is -5.20. The maximum atomic E-state index is 10.4. The fraction of sp³-hybridized carbons (Fsp3) is 0. The van der Waals surface area contributed by atoms with Gasteiger partial charge in [-0.15, -0.1) is 0 Å². The van der Waals surface area contributed by atoms with E-state index in [4.69, 9.17) is 0 Å². The number of nitrogens with zero attached hydrogens (tertiary/aromatic N) is 2. The number of hydrogen-bond acceptors (Lipinski definition) is 5. The van der Waals surface area contributed by atoms with E-state index in [9.17, 15) is 23.1 Å². The van der Waals surface area contributed by atoms with Crippen LogP contribution in [0, 0.1) is 10.1 Å². The van der Waals surface area contributed by atoms with E-state index in [1.807, 2.05) is 0 Å². The Balaban J connectivity index is 0. The van der Waals surface area contributed by atoms with E-state index < -0.39 is 20.0 Å². The van der Waals surface area contributed by atoms with E-state index in [0.29, 0.717) is 0 Å². The summed E-state index contributed by atoms with van der Waals surface area (Å²) in [5.74, 6) is 0. The van der Waals surface area contributed by atoms with Crippen LogP contribution in [-0.2, 0) is 10.1 Å². The van der Waals surface area contributed by atoms with E-state index in [-0.39, 0.29) is 64.8 Å². The SMILES string of the molecule is O=[N+]([O-])[N-]c1ccc(S(=O)(=O)[O-])cc1.[Na+].[Na+]. The van der Waals surface area contributed by atoms with Crippen LogP contribution in [0.3, 0.4) is 0 Å². The second-order valence-electron chi connectivity index (χ2n) is 2.29. The van der Waals surface area contributed by atoms with Crippen LogP contribution in [0.2, 0.25) is 0 Å². The molecule has 0 fully saturated rings. The summed E-state index contributed by atoms with van der Waals surface area (Å²) in [5.41, 5.74) is 2.88. The molecule has 0 unspecified atom stereocenters. The van der Waals surface area contributed by atoms with E-state index in [0.717, 1.165) is 24.3 Å². The average molecular weight is 262 g/mol. The van der Waals surface area contributed by atoms with Crippen LogP contribution in [0.1, 0.15) is 0 Å². The van der Waals surface area contributed by atoms with Gasteiger partial charge in [-0.05, 0) is 17.2 Å². The Morgan fingerprint density at radius 2 is 1.56 bits per heavy atom. The third-order valence-electron chi connectivity index (χ3n) is 1.32. The van der Waals surface area contributed by atoms with Crippen molar-refractivity contribution in [1.82, 2.24) is 0 Å². The van der Waals surface area contributed by atoms with Gasteiger partial charge in [-0.1, -0.05) is 17.8 Å². The van der Waals surface area contributed by atoms with Gasteiger partial charge in [-0.25, -0.2) is 8.42 Å². The first-order valence-corrected chi connectivity index (χ1v) is 4.72. The fourth-order valence-electron chi connectivity index (χ4n) is 0.774. The van der Waals surface area contributed by atoms with Crippen molar-refractivity contribution in [3.05, 3.63) is 39.8 Å². The second kappa shape index (κ2) is 7.62. The van der Waals surface area contributed by atoms with Gasteiger partial charge >= 0.3 is 59.1 Å². The molecule has 0 bridgehead atoms. The summed E-state index contributed by atoms with van der Waals surface area (Å²) in [6.45, 7) is 0.